The Balaban J connectivity index is 1.71. The van der Waals surface area contributed by atoms with Crippen LogP contribution in [0.2, 0.25) is 0 Å². The number of carbonyl (C=O) groups is 2. The normalized spacial score (nSPS) is 14.6. The van der Waals surface area contributed by atoms with Crippen molar-refractivity contribution in [2.75, 3.05) is 45.1 Å². The SMILES string of the molecule is CNC(=O)CN1CCN(C(=O)c2ccccc2Nc2cccc(C)c2C)CC1. The zero-order chi connectivity index (χ0) is 20.1. The van der Waals surface area contributed by atoms with Crippen molar-refractivity contribution in [2.45, 2.75) is 13.8 Å². The minimum Gasteiger partial charge on any atom is -0.358 e. The summed E-state index contributed by atoms with van der Waals surface area (Å²) < 4.78 is 0. The molecule has 2 N–H and O–H groups in total. The molecule has 0 unspecified atom stereocenters. The Bertz CT molecular complexity index is 857. The molecule has 0 atom stereocenters. The number of amides is 2. The molecule has 1 aliphatic rings. The van der Waals surface area contributed by atoms with Crippen molar-refractivity contribution >= 4 is 23.2 Å². The van der Waals surface area contributed by atoms with Gasteiger partial charge in [-0.15, -0.1) is 0 Å². The largest absolute Gasteiger partial charge is 0.358 e. The van der Waals surface area contributed by atoms with Crippen LogP contribution < -0.4 is 10.6 Å². The van der Waals surface area contributed by atoms with Gasteiger partial charge in [0.1, 0.15) is 0 Å². The van der Waals surface area contributed by atoms with Gasteiger partial charge in [-0.25, -0.2) is 0 Å². The van der Waals surface area contributed by atoms with Crippen LogP contribution in [0.1, 0.15) is 21.5 Å². The van der Waals surface area contributed by atoms with Gasteiger partial charge in [0.05, 0.1) is 17.8 Å². The molecule has 2 aromatic rings. The summed E-state index contributed by atoms with van der Waals surface area (Å²) in [4.78, 5) is 28.6. The lowest BCUT2D eigenvalue weighted by Gasteiger charge is -2.34. The van der Waals surface area contributed by atoms with Crippen LogP contribution in [0.5, 0.6) is 0 Å². The number of rotatable bonds is 5. The quantitative estimate of drug-likeness (QED) is 0.837. The third-order valence-corrected chi connectivity index (χ3v) is 5.34. The smallest absolute Gasteiger partial charge is 0.256 e. The molecule has 6 heteroatoms. The number of para-hydroxylation sites is 1. The van der Waals surface area contributed by atoms with E-state index in [9.17, 15) is 9.59 Å². The summed E-state index contributed by atoms with van der Waals surface area (Å²) >= 11 is 0. The van der Waals surface area contributed by atoms with Crippen molar-refractivity contribution in [3.05, 3.63) is 59.2 Å². The van der Waals surface area contributed by atoms with E-state index in [0.29, 0.717) is 38.3 Å². The van der Waals surface area contributed by atoms with Crippen molar-refractivity contribution < 1.29 is 9.59 Å². The number of carbonyl (C=O) groups excluding carboxylic acids is 2. The maximum absolute atomic E-state index is 13.1. The van der Waals surface area contributed by atoms with E-state index >= 15 is 0 Å². The van der Waals surface area contributed by atoms with Gasteiger partial charge in [0.15, 0.2) is 0 Å². The summed E-state index contributed by atoms with van der Waals surface area (Å²) in [6.45, 7) is 7.17. The lowest BCUT2D eigenvalue weighted by atomic mass is 10.1. The number of piperazine rings is 1. The van der Waals surface area contributed by atoms with Crippen LogP contribution in [-0.2, 0) is 4.79 Å². The highest BCUT2D eigenvalue weighted by molar-refractivity contribution is 6.00. The lowest BCUT2D eigenvalue weighted by molar-refractivity contribution is -0.122. The molecule has 0 aromatic heterocycles. The minimum atomic E-state index is 0.00264. The van der Waals surface area contributed by atoms with Gasteiger partial charge in [0.2, 0.25) is 5.91 Å². The van der Waals surface area contributed by atoms with E-state index < -0.39 is 0 Å². The van der Waals surface area contributed by atoms with Gasteiger partial charge < -0.3 is 15.5 Å². The van der Waals surface area contributed by atoms with E-state index in [1.807, 2.05) is 41.3 Å². The van der Waals surface area contributed by atoms with Crippen LogP contribution in [0.15, 0.2) is 42.5 Å². The predicted octanol–water partition coefficient (Wildman–Crippen LogP) is 2.55. The van der Waals surface area contributed by atoms with Gasteiger partial charge in [-0.05, 0) is 43.2 Å². The number of aryl methyl sites for hydroxylation is 1. The fraction of sp³-hybridized carbons (Fsp3) is 0.364. The van der Waals surface area contributed by atoms with E-state index in [1.165, 1.54) is 11.1 Å². The summed E-state index contributed by atoms with van der Waals surface area (Å²) in [6, 6.07) is 13.8. The van der Waals surface area contributed by atoms with Crippen molar-refractivity contribution in [1.29, 1.82) is 0 Å². The van der Waals surface area contributed by atoms with E-state index in [-0.39, 0.29) is 11.8 Å². The van der Waals surface area contributed by atoms with Crippen LogP contribution in [0, 0.1) is 13.8 Å². The van der Waals surface area contributed by atoms with Gasteiger partial charge in [-0.2, -0.15) is 0 Å². The van der Waals surface area contributed by atoms with Crippen LogP contribution in [0.4, 0.5) is 11.4 Å². The topological polar surface area (TPSA) is 64.7 Å². The molecule has 0 saturated carbocycles. The first-order valence-electron chi connectivity index (χ1n) is 9.64. The summed E-state index contributed by atoms with van der Waals surface area (Å²) in [5, 5.41) is 6.08. The first-order chi connectivity index (χ1) is 13.5. The van der Waals surface area contributed by atoms with Gasteiger partial charge in [0, 0.05) is 38.9 Å². The number of nitrogens with one attached hydrogen (secondary N) is 2. The van der Waals surface area contributed by atoms with Gasteiger partial charge >= 0.3 is 0 Å². The number of hydrogen-bond acceptors (Lipinski definition) is 4. The third-order valence-electron chi connectivity index (χ3n) is 5.34. The molecule has 0 bridgehead atoms. The standard InChI is InChI=1S/C22H28N4O2/c1-16-7-6-10-19(17(16)2)24-20-9-5-4-8-18(20)22(28)26-13-11-25(12-14-26)15-21(27)23-3/h4-10,24H,11-15H2,1-3H3,(H,23,27). The highest BCUT2D eigenvalue weighted by Gasteiger charge is 2.24. The number of anilines is 2. The number of likely N-dealkylation sites (N-methyl/N-ethyl adjacent to an activating group) is 1. The second-order valence-electron chi connectivity index (χ2n) is 7.16. The Kier molecular flexibility index (Phi) is 6.31. The lowest BCUT2D eigenvalue weighted by Crippen LogP contribution is -2.50. The number of nitrogens with zero attached hydrogens (tertiary/aromatic N) is 2. The molecule has 1 heterocycles. The van der Waals surface area contributed by atoms with Crippen LogP contribution in [0.25, 0.3) is 0 Å². The fourth-order valence-electron chi connectivity index (χ4n) is 3.37. The van der Waals surface area contributed by atoms with Crippen LogP contribution in [0.3, 0.4) is 0 Å². The molecular formula is C22H28N4O2. The Morgan fingerprint density at radius 1 is 0.929 bits per heavy atom. The van der Waals surface area contributed by atoms with Gasteiger partial charge in [-0.3, -0.25) is 14.5 Å². The monoisotopic (exact) mass is 380 g/mol. The van der Waals surface area contributed by atoms with E-state index in [4.69, 9.17) is 0 Å². The molecule has 28 heavy (non-hydrogen) atoms. The van der Waals surface area contributed by atoms with Gasteiger partial charge in [-0.1, -0.05) is 24.3 Å². The Morgan fingerprint density at radius 3 is 2.32 bits per heavy atom. The maximum atomic E-state index is 13.1. The molecule has 1 fully saturated rings. The highest BCUT2D eigenvalue weighted by atomic mass is 16.2. The Labute approximate surface area is 166 Å². The molecule has 6 nitrogen and oxygen atoms in total. The maximum Gasteiger partial charge on any atom is 0.256 e. The average molecular weight is 380 g/mol. The molecule has 148 valence electrons. The molecular weight excluding hydrogens is 352 g/mol. The zero-order valence-electron chi connectivity index (χ0n) is 16.8. The summed E-state index contributed by atoms with van der Waals surface area (Å²) in [5.41, 5.74) is 4.88. The van der Waals surface area contributed by atoms with Crippen LogP contribution >= 0.6 is 0 Å². The van der Waals surface area contributed by atoms with Crippen molar-refractivity contribution in [1.82, 2.24) is 15.1 Å². The first-order valence-corrected chi connectivity index (χ1v) is 9.64. The molecule has 3 rings (SSSR count). The summed E-state index contributed by atoms with van der Waals surface area (Å²) in [6.07, 6.45) is 0. The van der Waals surface area contributed by atoms with Gasteiger partial charge in [0.25, 0.3) is 5.91 Å². The van der Waals surface area contributed by atoms with Crippen molar-refractivity contribution in [3.63, 3.8) is 0 Å². The molecule has 2 amide bonds. The van der Waals surface area contributed by atoms with E-state index in [2.05, 4.69) is 35.4 Å². The molecule has 1 saturated heterocycles. The van der Waals surface area contributed by atoms with Crippen molar-refractivity contribution in [2.24, 2.45) is 0 Å². The molecule has 0 radical (unpaired) electrons. The van der Waals surface area contributed by atoms with Crippen LogP contribution in [-0.4, -0.2) is 61.4 Å². The second kappa shape index (κ2) is 8.89. The van der Waals surface area contributed by atoms with Crippen molar-refractivity contribution in [3.8, 4) is 0 Å². The number of hydrogen-bond donors (Lipinski definition) is 2. The molecule has 0 spiro atoms. The first kappa shape index (κ1) is 19.9. The summed E-state index contributed by atoms with van der Waals surface area (Å²) in [7, 11) is 1.64. The average Bonchev–Trinajstić information content (AvgIpc) is 2.72. The second-order valence-corrected chi connectivity index (χ2v) is 7.16. The minimum absolute atomic E-state index is 0.00264. The molecule has 2 aromatic carbocycles. The zero-order valence-corrected chi connectivity index (χ0v) is 16.8. The molecule has 0 aliphatic carbocycles. The highest BCUT2D eigenvalue weighted by Crippen LogP contribution is 2.26. The molecule has 1 aliphatic heterocycles. The van der Waals surface area contributed by atoms with E-state index in [1.54, 1.807) is 7.05 Å². The summed E-state index contributed by atoms with van der Waals surface area (Å²) in [5.74, 6) is 0.0239. The Hall–Kier alpha value is -2.86. The number of benzene rings is 2. The predicted molar refractivity (Wildman–Crippen MR) is 112 cm³/mol. The Morgan fingerprint density at radius 2 is 1.61 bits per heavy atom. The third kappa shape index (κ3) is 4.51. The fourth-order valence-corrected chi connectivity index (χ4v) is 3.37. The van der Waals surface area contributed by atoms with E-state index in [0.717, 1.165) is 11.4 Å².